The van der Waals surface area contributed by atoms with Gasteiger partial charge >= 0.3 is 16.4 Å². The van der Waals surface area contributed by atoms with E-state index in [1.165, 1.54) is 0 Å². The van der Waals surface area contributed by atoms with Crippen molar-refractivity contribution in [3.8, 4) is 0 Å². The quantitative estimate of drug-likeness (QED) is 0.0697. The zero-order valence-corrected chi connectivity index (χ0v) is 22.5. The van der Waals surface area contributed by atoms with Gasteiger partial charge in [0, 0.05) is 11.5 Å². The molecule has 4 rings (SSSR count). The Labute approximate surface area is 222 Å². The van der Waals surface area contributed by atoms with Gasteiger partial charge in [-0.25, -0.2) is 9.10 Å². The van der Waals surface area contributed by atoms with Gasteiger partial charge in [0.1, 0.15) is 18.7 Å². The summed E-state index contributed by atoms with van der Waals surface area (Å²) < 4.78 is 47.1. The van der Waals surface area contributed by atoms with Gasteiger partial charge < -0.3 is 31.1 Å². The number of primary amides is 1. The van der Waals surface area contributed by atoms with Crippen molar-refractivity contribution in [3.05, 3.63) is 5.82 Å². The van der Waals surface area contributed by atoms with E-state index in [-0.39, 0.29) is 33.1 Å². The van der Waals surface area contributed by atoms with Gasteiger partial charge in [0.05, 0.1) is 5.60 Å². The molecule has 18 heteroatoms. The van der Waals surface area contributed by atoms with Crippen LogP contribution in [0.5, 0.6) is 0 Å². The number of nitrogens with two attached hydrogens (primary N) is 2. The van der Waals surface area contributed by atoms with Crippen molar-refractivity contribution in [2.24, 2.45) is 28.1 Å². The number of nitrogen functional groups attached to an aromatic ring is 1. The fourth-order valence-corrected chi connectivity index (χ4v) is 6.88. The minimum Gasteiger partial charge on any atom is -0.447 e. The largest absolute Gasteiger partial charge is 0.447 e. The van der Waals surface area contributed by atoms with Gasteiger partial charge in [0.25, 0.3) is 11.8 Å². The van der Waals surface area contributed by atoms with Crippen LogP contribution >= 0.6 is 11.5 Å². The van der Waals surface area contributed by atoms with Crippen molar-refractivity contribution >= 4 is 50.6 Å². The molecule has 3 aliphatic rings. The van der Waals surface area contributed by atoms with Gasteiger partial charge in [0.2, 0.25) is 18.3 Å². The SMILES string of the molecule is CC1CCC2C(C)(C)C2(OCO/N=C(\C(=O)NC2C(=O)N(S(=O)(=O)O)C2COC(N)=O)c2nsc(N)n2)C1. The third kappa shape index (κ3) is 4.99. The number of β-lactam (4-membered cyclic amide) rings is 1. The van der Waals surface area contributed by atoms with Crippen LogP contribution in [0, 0.1) is 17.3 Å². The summed E-state index contributed by atoms with van der Waals surface area (Å²) in [6.07, 6.45) is 1.79. The van der Waals surface area contributed by atoms with E-state index < -0.39 is 52.6 Å². The highest BCUT2D eigenvalue weighted by Gasteiger charge is 2.73. The van der Waals surface area contributed by atoms with Crippen LogP contribution in [0.3, 0.4) is 0 Å². The van der Waals surface area contributed by atoms with Crippen LogP contribution in [0.15, 0.2) is 5.16 Å². The van der Waals surface area contributed by atoms with Crippen LogP contribution in [0.4, 0.5) is 9.93 Å². The summed E-state index contributed by atoms with van der Waals surface area (Å²) in [5.41, 5.74) is 9.69. The van der Waals surface area contributed by atoms with E-state index in [1.807, 2.05) is 0 Å². The maximum Gasteiger partial charge on any atom is 0.404 e. The average molecular weight is 576 g/mol. The summed E-state index contributed by atoms with van der Waals surface area (Å²) in [7, 11) is -5.00. The third-order valence-corrected chi connectivity index (χ3v) is 9.03. The second-order valence-electron chi connectivity index (χ2n) is 10.1. The second-order valence-corrected chi connectivity index (χ2v) is 12.2. The lowest BCUT2D eigenvalue weighted by atomic mass is 9.88. The summed E-state index contributed by atoms with van der Waals surface area (Å²) in [4.78, 5) is 45.7. The molecule has 3 fully saturated rings. The lowest BCUT2D eigenvalue weighted by Gasteiger charge is -2.43. The predicted octanol–water partition coefficient (Wildman–Crippen LogP) is -0.376. The van der Waals surface area contributed by atoms with Crippen molar-refractivity contribution in [2.45, 2.75) is 57.7 Å². The maximum atomic E-state index is 13.1. The number of ether oxygens (including phenoxy) is 2. The number of carbonyl (C=O) groups excluding carboxylic acids is 3. The summed E-state index contributed by atoms with van der Waals surface area (Å²) in [6.45, 7) is 5.47. The molecule has 0 aromatic carbocycles. The minimum absolute atomic E-state index is 0.0263. The Kier molecular flexibility index (Phi) is 7.28. The number of rotatable bonds is 10. The first-order valence-corrected chi connectivity index (χ1v) is 13.8. The number of hydrogen-bond acceptors (Lipinski definition) is 13. The molecule has 3 amide bonds. The number of aromatic nitrogens is 2. The molecule has 2 heterocycles. The van der Waals surface area contributed by atoms with E-state index in [0.717, 1.165) is 30.8 Å². The molecule has 2 saturated carbocycles. The molecule has 0 radical (unpaired) electrons. The molecule has 6 N–H and O–H groups in total. The van der Waals surface area contributed by atoms with Crippen LogP contribution in [0.25, 0.3) is 0 Å². The molecule has 5 atom stereocenters. The molecule has 38 heavy (non-hydrogen) atoms. The zero-order chi connectivity index (χ0) is 28.0. The Balaban J connectivity index is 1.47. The Morgan fingerprint density at radius 1 is 1.34 bits per heavy atom. The molecule has 1 aromatic rings. The number of amides is 3. The molecular formula is C20H29N7O9S2. The van der Waals surface area contributed by atoms with Gasteiger partial charge in [-0.05, 0) is 30.1 Å². The molecule has 1 aliphatic heterocycles. The third-order valence-electron chi connectivity index (χ3n) is 7.54. The number of nitrogens with one attached hydrogen (secondary N) is 1. The van der Waals surface area contributed by atoms with Gasteiger partial charge in [-0.15, -0.1) is 0 Å². The van der Waals surface area contributed by atoms with Crippen LogP contribution < -0.4 is 16.8 Å². The molecule has 2 aliphatic carbocycles. The highest BCUT2D eigenvalue weighted by Crippen LogP contribution is 2.70. The lowest BCUT2D eigenvalue weighted by Crippen LogP contribution is -2.73. The summed E-state index contributed by atoms with van der Waals surface area (Å²) in [5, 5.41) is 6.12. The van der Waals surface area contributed by atoms with Crippen LogP contribution in [0.1, 0.15) is 45.9 Å². The van der Waals surface area contributed by atoms with Gasteiger partial charge in [-0.2, -0.15) is 17.8 Å². The molecule has 0 bridgehead atoms. The van der Waals surface area contributed by atoms with Crippen LogP contribution in [-0.2, 0) is 34.2 Å². The molecule has 1 saturated heterocycles. The predicted molar refractivity (Wildman–Crippen MR) is 131 cm³/mol. The number of carbonyl (C=O) groups is 3. The first-order chi connectivity index (χ1) is 17.7. The molecular weight excluding hydrogens is 546 g/mol. The average Bonchev–Trinajstić information content (AvgIpc) is 3.05. The Hall–Kier alpha value is -3.09. The normalized spacial score (nSPS) is 30.2. The van der Waals surface area contributed by atoms with Crippen molar-refractivity contribution in [1.82, 2.24) is 19.0 Å². The molecule has 0 spiro atoms. The topological polar surface area (TPSA) is 239 Å². The number of hydrogen-bond donors (Lipinski definition) is 4. The molecule has 5 unspecified atom stereocenters. The number of fused-ring (bicyclic) bond motifs is 1. The van der Waals surface area contributed by atoms with Crippen LogP contribution in [0.2, 0.25) is 0 Å². The van der Waals surface area contributed by atoms with Crippen molar-refractivity contribution in [3.63, 3.8) is 0 Å². The zero-order valence-electron chi connectivity index (χ0n) is 20.8. The Morgan fingerprint density at radius 3 is 2.66 bits per heavy atom. The molecule has 1 aromatic heterocycles. The van der Waals surface area contributed by atoms with Crippen molar-refractivity contribution in [2.75, 3.05) is 19.1 Å². The maximum absolute atomic E-state index is 13.1. The number of anilines is 1. The highest BCUT2D eigenvalue weighted by molar-refractivity contribution is 7.84. The van der Waals surface area contributed by atoms with Gasteiger partial charge in [-0.3, -0.25) is 14.1 Å². The van der Waals surface area contributed by atoms with E-state index in [1.54, 1.807) is 0 Å². The van der Waals surface area contributed by atoms with E-state index in [9.17, 15) is 27.4 Å². The summed E-state index contributed by atoms with van der Waals surface area (Å²) in [6, 6.07) is -2.98. The summed E-state index contributed by atoms with van der Waals surface area (Å²) >= 11 is 0.783. The standard InChI is InChI=1S/C20H29N7O9S2/c1-9-4-5-11-19(2,3)20(11,6-9)35-8-36-25-13(14-24-17(21)37-26-14)15(28)23-12-10(7-34-18(22)30)27(16(12)29)38(31,32)33/h9-12H,4-8H2,1-3H3,(H2,22,30)(H,23,28)(H2,21,24,26)(H,31,32,33)/b25-13-. The second kappa shape index (κ2) is 9.90. The van der Waals surface area contributed by atoms with E-state index in [0.29, 0.717) is 11.8 Å². The Morgan fingerprint density at radius 2 is 2.05 bits per heavy atom. The smallest absolute Gasteiger partial charge is 0.404 e. The van der Waals surface area contributed by atoms with Gasteiger partial charge in [-0.1, -0.05) is 32.3 Å². The molecule has 210 valence electrons. The van der Waals surface area contributed by atoms with Crippen LogP contribution in [-0.4, -0.2) is 81.3 Å². The first kappa shape index (κ1) is 27.9. The van der Waals surface area contributed by atoms with E-state index >= 15 is 0 Å². The Bertz CT molecular complexity index is 1270. The van der Waals surface area contributed by atoms with E-state index in [4.69, 9.17) is 21.0 Å². The fraction of sp³-hybridized carbons (Fsp3) is 0.700. The van der Waals surface area contributed by atoms with Crippen molar-refractivity contribution in [1.29, 1.82) is 0 Å². The fourth-order valence-electron chi connectivity index (χ4n) is 5.58. The first-order valence-electron chi connectivity index (χ1n) is 11.7. The number of nitrogens with zero attached hydrogens (tertiary/aromatic N) is 4. The van der Waals surface area contributed by atoms with Crippen molar-refractivity contribution < 1.29 is 41.7 Å². The summed E-state index contributed by atoms with van der Waals surface area (Å²) in [5.74, 6) is -1.53. The monoisotopic (exact) mass is 575 g/mol. The molecule has 16 nitrogen and oxygen atoms in total. The lowest BCUT2D eigenvalue weighted by molar-refractivity contribution is -0.146. The minimum atomic E-state index is -5.00. The van der Waals surface area contributed by atoms with E-state index in [2.05, 4.69) is 45.3 Å². The number of oxime groups is 1. The van der Waals surface area contributed by atoms with Gasteiger partial charge in [0.15, 0.2) is 5.13 Å². The highest BCUT2D eigenvalue weighted by atomic mass is 32.2.